The summed E-state index contributed by atoms with van der Waals surface area (Å²) in [7, 11) is 3.39. The van der Waals surface area contributed by atoms with Crippen LogP contribution in [0.4, 0.5) is 4.79 Å². The largest absolute Gasteiger partial charge is 0.395 e. The molecule has 0 saturated carbocycles. The molecule has 0 unspecified atom stereocenters. The van der Waals surface area contributed by atoms with E-state index in [2.05, 4.69) is 7.05 Å². The summed E-state index contributed by atoms with van der Waals surface area (Å²) in [6.45, 7) is 5.43. The molecule has 0 fully saturated rings. The van der Waals surface area contributed by atoms with Crippen molar-refractivity contribution >= 4 is 6.03 Å². The van der Waals surface area contributed by atoms with Crippen LogP contribution in [-0.2, 0) is 0 Å². The molecule has 0 atom stereocenters. The predicted octanol–water partition coefficient (Wildman–Crippen LogP) is -0.197. The summed E-state index contributed by atoms with van der Waals surface area (Å²) in [5.41, 5.74) is 0. The van der Waals surface area contributed by atoms with E-state index in [1.54, 1.807) is 4.90 Å². The molecule has 0 aromatic rings. The Kier molecular flexibility index (Phi) is 4.05. The molecule has 2 N–H and O–H groups in total. The van der Waals surface area contributed by atoms with Gasteiger partial charge in [-0.25, -0.2) is 4.79 Å². The topological polar surface area (TPSA) is 36.9 Å². The van der Waals surface area contributed by atoms with Crippen LogP contribution in [0.15, 0.2) is 0 Å². The molecule has 0 aliphatic rings. The maximum absolute atomic E-state index is 10.8. The van der Waals surface area contributed by atoms with Crippen molar-refractivity contribution in [2.24, 2.45) is 0 Å². The van der Waals surface area contributed by atoms with Gasteiger partial charge in [0.05, 0.1) is 0 Å². The number of nitrogens with zero attached hydrogens (tertiary/aromatic N) is 1. The molecule has 0 rings (SSSR count). The van der Waals surface area contributed by atoms with Gasteiger partial charge in [-0.15, -0.1) is 7.05 Å². The molecule has 0 aliphatic heterocycles. The highest BCUT2D eigenvalue weighted by molar-refractivity contribution is 5.63. The minimum atomic E-state index is 0.0139. The summed E-state index contributed by atoms with van der Waals surface area (Å²) < 4.78 is 0. The van der Waals surface area contributed by atoms with E-state index in [1.165, 1.54) is 5.32 Å². The third kappa shape index (κ3) is 2.46. The van der Waals surface area contributed by atoms with Crippen molar-refractivity contribution in [3.05, 3.63) is 7.05 Å². The van der Waals surface area contributed by atoms with Gasteiger partial charge < -0.3 is 5.32 Å². The first-order valence-corrected chi connectivity index (χ1v) is 3.17. The van der Waals surface area contributed by atoms with E-state index in [0.29, 0.717) is 0 Å². The molecule has 2 amide bonds. The Morgan fingerprint density at radius 3 is 2.11 bits per heavy atom. The van der Waals surface area contributed by atoms with Crippen molar-refractivity contribution in [1.82, 2.24) is 4.90 Å². The second-order valence-corrected chi connectivity index (χ2v) is 1.71. The Balaban J connectivity index is 3.64. The summed E-state index contributed by atoms with van der Waals surface area (Å²) in [6.07, 6.45) is 0. The second kappa shape index (κ2) is 4.32. The number of rotatable bonds is 2. The van der Waals surface area contributed by atoms with E-state index < -0.39 is 0 Å². The van der Waals surface area contributed by atoms with E-state index in [9.17, 15) is 4.79 Å². The first-order valence-electron chi connectivity index (χ1n) is 3.17. The first-order chi connectivity index (χ1) is 4.26. The molecule has 0 aromatic heterocycles. The molecule has 0 radical (unpaired) electrons. The quantitative estimate of drug-likeness (QED) is 0.516. The van der Waals surface area contributed by atoms with Gasteiger partial charge in [0.2, 0.25) is 0 Å². The molecular formula is C6H14N2O. The number of urea groups is 1. The Labute approximate surface area is 56.0 Å². The fourth-order valence-electron chi connectivity index (χ4n) is 0.664. The average molecular weight is 130 g/mol. The average Bonchev–Trinajstić information content (AvgIpc) is 1.90. The number of amides is 2. The molecule has 0 saturated heterocycles. The van der Waals surface area contributed by atoms with Crippen molar-refractivity contribution < 1.29 is 10.1 Å². The standard InChI is InChI=1S/C6H14N2O/c1-4-8(5-2)6(9)7-3/h3-5,7H2,1-2H3. The van der Waals surface area contributed by atoms with E-state index in [0.717, 1.165) is 13.1 Å². The van der Waals surface area contributed by atoms with Crippen LogP contribution in [0.3, 0.4) is 0 Å². The highest BCUT2D eigenvalue weighted by atomic mass is 16.2. The minimum absolute atomic E-state index is 0.0139. The molecule has 54 valence electrons. The van der Waals surface area contributed by atoms with Crippen molar-refractivity contribution in [2.75, 3.05) is 13.1 Å². The van der Waals surface area contributed by atoms with Crippen LogP contribution in [-0.4, -0.2) is 24.0 Å². The van der Waals surface area contributed by atoms with Gasteiger partial charge in [-0.1, -0.05) is 0 Å². The third-order valence-electron chi connectivity index (χ3n) is 1.25. The van der Waals surface area contributed by atoms with Crippen molar-refractivity contribution in [3.8, 4) is 0 Å². The summed E-state index contributed by atoms with van der Waals surface area (Å²) in [5, 5.41) is 1.34. The number of primary amides is 1. The number of carbonyl (C=O) groups excluding carboxylic acids is 1. The highest BCUT2D eigenvalue weighted by Crippen LogP contribution is 1.81. The zero-order chi connectivity index (χ0) is 7.28. The van der Waals surface area contributed by atoms with Crippen LogP contribution in [0.2, 0.25) is 0 Å². The van der Waals surface area contributed by atoms with Crippen LogP contribution in [0, 0.1) is 7.05 Å². The number of nitrogens with two attached hydrogens (primary N) is 1. The van der Waals surface area contributed by atoms with Gasteiger partial charge >= 0.3 is 6.03 Å². The Hall–Kier alpha value is -0.570. The minimum Gasteiger partial charge on any atom is -0.395 e. The molecule has 9 heavy (non-hydrogen) atoms. The second-order valence-electron chi connectivity index (χ2n) is 1.71. The third-order valence-corrected chi connectivity index (χ3v) is 1.25. The normalized spacial score (nSPS) is 9.22. The molecule has 3 heteroatoms. The molecule has 0 aliphatic carbocycles. The number of hydrogen-bond donors (Lipinski definition) is 1. The van der Waals surface area contributed by atoms with Gasteiger partial charge in [0.1, 0.15) is 0 Å². The maximum Gasteiger partial charge on any atom is 0.389 e. The zero-order valence-electron chi connectivity index (χ0n) is 6.05. The van der Waals surface area contributed by atoms with E-state index in [1.807, 2.05) is 13.8 Å². The Morgan fingerprint density at radius 1 is 1.56 bits per heavy atom. The van der Waals surface area contributed by atoms with E-state index in [-0.39, 0.29) is 6.03 Å². The van der Waals surface area contributed by atoms with Crippen LogP contribution in [0.1, 0.15) is 13.8 Å². The van der Waals surface area contributed by atoms with Gasteiger partial charge in [-0.2, -0.15) is 0 Å². The van der Waals surface area contributed by atoms with Gasteiger partial charge in [0.15, 0.2) is 0 Å². The fourth-order valence-corrected chi connectivity index (χ4v) is 0.664. The highest BCUT2D eigenvalue weighted by Gasteiger charge is 2.06. The summed E-state index contributed by atoms with van der Waals surface area (Å²) >= 11 is 0. The van der Waals surface area contributed by atoms with Gasteiger partial charge in [-0.3, -0.25) is 4.90 Å². The monoisotopic (exact) mass is 130 g/mol. The van der Waals surface area contributed by atoms with Crippen LogP contribution < -0.4 is 5.32 Å². The number of hydrogen-bond acceptors (Lipinski definition) is 1. The number of carbonyl (C=O) groups is 1. The summed E-state index contributed by atoms with van der Waals surface area (Å²) in [5.74, 6) is 0. The summed E-state index contributed by atoms with van der Waals surface area (Å²) in [6, 6.07) is 0.0139. The number of quaternary nitrogens is 1. The smallest absolute Gasteiger partial charge is 0.389 e. The van der Waals surface area contributed by atoms with Crippen molar-refractivity contribution in [1.29, 1.82) is 0 Å². The lowest BCUT2D eigenvalue weighted by molar-refractivity contribution is -0.497. The van der Waals surface area contributed by atoms with Gasteiger partial charge in [-0.05, 0) is 13.8 Å². The lowest BCUT2D eigenvalue weighted by Gasteiger charge is -2.15. The first kappa shape index (κ1) is 8.43. The van der Waals surface area contributed by atoms with Gasteiger partial charge in [0, 0.05) is 13.1 Å². The molecule has 0 spiro atoms. The molecule has 0 bridgehead atoms. The Morgan fingerprint density at radius 2 is 2.00 bits per heavy atom. The van der Waals surface area contributed by atoms with E-state index in [4.69, 9.17) is 0 Å². The predicted molar refractivity (Wildman–Crippen MR) is 35.6 cm³/mol. The van der Waals surface area contributed by atoms with Crippen LogP contribution >= 0.6 is 0 Å². The lowest BCUT2D eigenvalue weighted by Crippen LogP contribution is -2.84. The molecular weight excluding hydrogens is 116 g/mol. The zero-order valence-corrected chi connectivity index (χ0v) is 6.05. The van der Waals surface area contributed by atoms with Crippen molar-refractivity contribution in [3.63, 3.8) is 0 Å². The maximum atomic E-state index is 10.8. The lowest BCUT2D eigenvalue weighted by atomic mass is 10.5. The van der Waals surface area contributed by atoms with Crippen LogP contribution in [0.5, 0.6) is 0 Å². The fraction of sp³-hybridized carbons (Fsp3) is 0.667. The molecule has 0 heterocycles. The summed E-state index contributed by atoms with van der Waals surface area (Å²) in [4.78, 5) is 12.5. The molecule has 3 nitrogen and oxygen atoms in total. The van der Waals surface area contributed by atoms with Gasteiger partial charge in [0.25, 0.3) is 0 Å². The van der Waals surface area contributed by atoms with E-state index >= 15 is 0 Å². The SMILES string of the molecule is [CH2-][NH2+]C(=O)N(CC)CC. The molecule has 0 aromatic carbocycles. The van der Waals surface area contributed by atoms with Crippen LogP contribution in [0.25, 0.3) is 0 Å². The Bertz CT molecular complexity index is 89.1. The van der Waals surface area contributed by atoms with Crippen molar-refractivity contribution in [2.45, 2.75) is 13.8 Å².